The van der Waals surface area contributed by atoms with E-state index in [-0.39, 0.29) is 5.91 Å². The van der Waals surface area contributed by atoms with E-state index in [9.17, 15) is 9.59 Å². The van der Waals surface area contributed by atoms with Crippen LogP contribution in [0.15, 0.2) is 54.9 Å². The van der Waals surface area contributed by atoms with E-state index in [0.717, 1.165) is 11.1 Å². The molecule has 130 valence electrons. The van der Waals surface area contributed by atoms with Crippen LogP contribution in [0.5, 0.6) is 0 Å². The number of benzene rings is 2. The molecule has 0 saturated carbocycles. The summed E-state index contributed by atoms with van der Waals surface area (Å²) in [5.74, 6) is -0.761. The number of hydrogen-bond donors (Lipinski definition) is 1. The molecule has 0 bridgehead atoms. The molecular weight excluding hydrogens is 332 g/mol. The van der Waals surface area contributed by atoms with Crippen LogP contribution in [-0.2, 0) is 17.8 Å². The summed E-state index contributed by atoms with van der Waals surface area (Å²) in [6, 6.07) is 14.0. The lowest BCUT2D eigenvalue weighted by molar-refractivity contribution is -0.122. The third-order valence-corrected chi connectivity index (χ3v) is 4.54. The molecule has 1 unspecified atom stereocenters. The van der Waals surface area contributed by atoms with E-state index in [1.165, 1.54) is 15.9 Å². The number of nitrogens with zero attached hydrogens (tertiary/aromatic N) is 5. The number of fused-ring (bicyclic) bond motifs is 1. The predicted octanol–water partition coefficient (Wildman–Crippen LogP) is 0.715. The summed E-state index contributed by atoms with van der Waals surface area (Å²) in [5.41, 5.74) is 8.75. The van der Waals surface area contributed by atoms with Crippen LogP contribution >= 0.6 is 0 Å². The number of hydrogen-bond acceptors (Lipinski definition) is 5. The van der Waals surface area contributed by atoms with Gasteiger partial charge in [-0.3, -0.25) is 9.59 Å². The molecule has 2 N–H and O–H groups in total. The molecule has 2 amide bonds. The Morgan fingerprint density at radius 1 is 1.08 bits per heavy atom. The molecule has 1 aromatic heterocycles. The lowest BCUT2D eigenvalue weighted by Gasteiger charge is -2.35. The van der Waals surface area contributed by atoms with E-state index in [4.69, 9.17) is 5.73 Å². The minimum atomic E-state index is -0.672. The van der Waals surface area contributed by atoms with Gasteiger partial charge in [-0.15, -0.1) is 5.10 Å². The van der Waals surface area contributed by atoms with E-state index < -0.39 is 11.9 Å². The van der Waals surface area contributed by atoms with E-state index in [2.05, 4.69) is 15.5 Å². The van der Waals surface area contributed by atoms with Crippen molar-refractivity contribution in [1.82, 2.24) is 25.1 Å². The van der Waals surface area contributed by atoms with Crippen molar-refractivity contribution < 1.29 is 9.59 Å². The van der Waals surface area contributed by atoms with E-state index in [0.29, 0.717) is 24.2 Å². The Balaban J connectivity index is 1.68. The highest BCUT2D eigenvalue weighted by Gasteiger charge is 2.33. The quantitative estimate of drug-likeness (QED) is 0.750. The fraction of sp³-hybridized carbons (Fsp3) is 0.167. The number of amides is 2. The number of carbonyl (C=O) groups is 2. The molecule has 26 heavy (non-hydrogen) atoms. The van der Waals surface area contributed by atoms with Gasteiger partial charge in [0.25, 0.3) is 5.91 Å². The van der Waals surface area contributed by atoms with Gasteiger partial charge in [-0.1, -0.05) is 30.3 Å². The Labute approximate surface area is 149 Å². The van der Waals surface area contributed by atoms with Gasteiger partial charge < -0.3 is 10.6 Å². The number of nitrogens with two attached hydrogens (primary N) is 1. The van der Waals surface area contributed by atoms with Gasteiger partial charge in [0.2, 0.25) is 5.91 Å². The van der Waals surface area contributed by atoms with Crippen LogP contribution in [0, 0.1) is 0 Å². The van der Waals surface area contributed by atoms with Crippen LogP contribution in [0.4, 0.5) is 0 Å². The van der Waals surface area contributed by atoms with Gasteiger partial charge in [0, 0.05) is 18.5 Å². The molecule has 1 aliphatic heterocycles. The van der Waals surface area contributed by atoms with Gasteiger partial charge in [-0.2, -0.15) is 0 Å². The molecule has 2 heterocycles. The van der Waals surface area contributed by atoms with Crippen molar-refractivity contribution in [3.8, 4) is 5.69 Å². The first-order valence-electron chi connectivity index (χ1n) is 8.14. The average Bonchev–Trinajstić information content (AvgIpc) is 3.21. The Morgan fingerprint density at radius 3 is 2.62 bits per heavy atom. The van der Waals surface area contributed by atoms with Crippen LogP contribution < -0.4 is 5.73 Å². The topological polar surface area (TPSA) is 107 Å². The van der Waals surface area contributed by atoms with Crippen molar-refractivity contribution in [2.75, 3.05) is 0 Å². The maximum absolute atomic E-state index is 13.1. The van der Waals surface area contributed by atoms with E-state index >= 15 is 0 Å². The van der Waals surface area contributed by atoms with Crippen molar-refractivity contribution in [1.29, 1.82) is 0 Å². The highest BCUT2D eigenvalue weighted by Crippen LogP contribution is 2.25. The Hall–Kier alpha value is -3.55. The predicted molar refractivity (Wildman–Crippen MR) is 92.2 cm³/mol. The molecule has 1 atom stereocenters. The monoisotopic (exact) mass is 348 g/mol. The van der Waals surface area contributed by atoms with Crippen LogP contribution in [-0.4, -0.2) is 43.0 Å². The molecule has 1 aliphatic rings. The highest BCUT2D eigenvalue weighted by molar-refractivity contribution is 5.98. The Kier molecular flexibility index (Phi) is 3.92. The number of tetrazole rings is 1. The van der Waals surface area contributed by atoms with Crippen molar-refractivity contribution in [2.45, 2.75) is 19.0 Å². The number of primary amides is 1. The Bertz CT molecular complexity index is 969. The average molecular weight is 348 g/mol. The Morgan fingerprint density at radius 2 is 1.88 bits per heavy atom. The molecular formula is C18H16N6O2. The minimum Gasteiger partial charge on any atom is -0.368 e. The van der Waals surface area contributed by atoms with Gasteiger partial charge in [0.15, 0.2) is 0 Å². The molecule has 3 aromatic rings. The third-order valence-electron chi connectivity index (χ3n) is 4.54. The molecule has 8 nitrogen and oxygen atoms in total. The van der Waals surface area contributed by atoms with Crippen molar-refractivity contribution in [3.63, 3.8) is 0 Å². The second-order valence-electron chi connectivity index (χ2n) is 6.13. The number of aromatic nitrogens is 4. The van der Waals surface area contributed by atoms with Crippen molar-refractivity contribution in [2.24, 2.45) is 5.73 Å². The molecule has 0 saturated heterocycles. The summed E-state index contributed by atoms with van der Waals surface area (Å²) < 4.78 is 1.47. The second-order valence-corrected chi connectivity index (χ2v) is 6.13. The SMILES string of the molecule is NC(=O)C1Cc2ccccc2CN1C(=O)c1cccc(-n2cnnn2)c1. The molecule has 8 heteroatoms. The maximum Gasteiger partial charge on any atom is 0.254 e. The van der Waals surface area contributed by atoms with E-state index in [1.54, 1.807) is 24.3 Å². The zero-order chi connectivity index (χ0) is 18.1. The third kappa shape index (κ3) is 2.81. The van der Waals surface area contributed by atoms with Gasteiger partial charge >= 0.3 is 0 Å². The van der Waals surface area contributed by atoms with E-state index in [1.807, 2.05) is 24.3 Å². The molecule has 4 rings (SSSR count). The standard InChI is InChI=1S/C18H16N6O2/c19-17(25)16-9-12-4-1-2-5-14(12)10-23(16)18(26)13-6-3-7-15(8-13)24-11-20-21-22-24/h1-8,11,16H,9-10H2,(H2,19,25). The second kappa shape index (κ2) is 6.40. The normalized spacial score (nSPS) is 16.2. The van der Waals surface area contributed by atoms with Gasteiger partial charge in [-0.05, 0) is 39.8 Å². The van der Waals surface area contributed by atoms with Gasteiger partial charge in [-0.25, -0.2) is 4.68 Å². The first kappa shape index (κ1) is 15.9. The lowest BCUT2D eigenvalue weighted by atomic mass is 9.93. The minimum absolute atomic E-state index is 0.252. The van der Waals surface area contributed by atoms with Crippen LogP contribution in [0.2, 0.25) is 0 Å². The smallest absolute Gasteiger partial charge is 0.254 e. The summed E-state index contributed by atoms with van der Waals surface area (Å²) in [5, 5.41) is 11.0. The summed E-state index contributed by atoms with van der Waals surface area (Å²) in [7, 11) is 0. The molecule has 2 aromatic carbocycles. The van der Waals surface area contributed by atoms with Crippen molar-refractivity contribution in [3.05, 3.63) is 71.5 Å². The fourth-order valence-corrected chi connectivity index (χ4v) is 3.22. The van der Waals surface area contributed by atoms with Crippen LogP contribution in [0.25, 0.3) is 5.69 Å². The van der Waals surface area contributed by atoms with Gasteiger partial charge in [0.1, 0.15) is 12.4 Å². The van der Waals surface area contributed by atoms with Crippen molar-refractivity contribution >= 4 is 11.8 Å². The maximum atomic E-state index is 13.1. The van der Waals surface area contributed by atoms with Crippen LogP contribution in [0.3, 0.4) is 0 Å². The summed E-state index contributed by atoms with van der Waals surface area (Å²) in [6.07, 6.45) is 1.87. The lowest BCUT2D eigenvalue weighted by Crippen LogP contribution is -2.51. The first-order valence-corrected chi connectivity index (χ1v) is 8.14. The number of carbonyl (C=O) groups excluding carboxylic acids is 2. The largest absolute Gasteiger partial charge is 0.368 e. The molecule has 0 fully saturated rings. The molecule has 0 spiro atoms. The summed E-state index contributed by atoms with van der Waals surface area (Å²) in [6.45, 7) is 0.345. The first-order chi connectivity index (χ1) is 12.6. The highest BCUT2D eigenvalue weighted by atomic mass is 16.2. The number of rotatable bonds is 3. The van der Waals surface area contributed by atoms with Gasteiger partial charge in [0.05, 0.1) is 5.69 Å². The summed E-state index contributed by atoms with van der Waals surface area (Å²) >= 11 is 0. The summed E-state index contributed by atoms with van der Waals surface area (Å²) in [4.78, 5) is 26.6. The molecule has 0 radical (unpaired) electrons. The van der Waals surface area contributed by atoms with Crippen LogP contribution in [0.1, 0.15) is 21.5 Å². The fourth-order valence-electron chi connectivity index (χ4n) is 3.22. The zero-order valence-electron chi connectivity index (χ0n) is 13.8. The molecule has 0 aliphatic carbocycles. The zero-order valence-corrected chi connectivity index (χ0v) is 13.8.